The number of para-hydroxylation sites is 2. The summed E-state index contributed by atoms with van der Waals surface area (Å²) in [5.41, 5.74) is 0.718. The highest BCUT2D eigenvalue weighted by Gasteiger charge is 2.48. The summed E-state index contributed by atoms with van der Waals surface area (Å²) < 4.78 is 7.38. The van der Waals surface area contributed by atoms with E-state index in [1.54, 1.807) is 4.90 Å². The van der Waals surface area contributed by atoms with Gasteiger partial charge in [-0.3, -0.25) is 9.59 Å². The number of rotatable bonds is 7. The third kappa shape index (κ3) is 3.83. The molecule has 1 unspecified atom stereocenters. The molecule has 1 N–H and O–H groups in total. The van der Waals surface area contributed by atoms with Gasteiger partial charge in [0.25, 0.3) is 5.91 Å². The van der Waals surface area contributed by atoms with Crippen molar-refractivity contribution in [1.29, 1.82) is 0 Å². The van der Waals surface area contributed by atoms with Crippen molar-refractivity contribution in [2.24, 2.45) is 0 Å². The van der Waals surface area contributed by atoms with Crippen molar-refractivity contribution in [3.8, 4) is 0 Å². The standard InChI is InChI=1S/C23H32N4O3/c1-3-30-15-9-14-27-21(28)20-25-18-12-7-8-13-19(18)26(20)16-23(27,2)22(29)24-17-10-5-4-6-11-17/h7-8,12-13,17H,3-6,9-11,14-16H2,1-2H3,(H,24,29). The average Bonchev–Trinajstić information content (AvgIpc) is 3.12. The molecule has 7 nitrogen and oxygen atoms in total. The second-order valence-corrected chi connectivity index (χ2v) is 8.60. The van der Waals surface area contributed by atoms with Crippen LogP contribution in [0.15, 0.2) is 24.3 Å². The van der Waals surface area contributed by atoms with Gasteiger partial charge in [-0.15, -0.1) is 0 Å². The van der Waals surface area contributed by atoms with Crippen LogP contribution < -0.4 is 5.32 Å². The molecule has 2 aromatic rings. The SMILES string of the molecule is CCOCCCN1C(=O)c2nc3ccccc3n2CC1(C)C(=O)NC1CCCCC1. The molecule has 0 bridgehead atoms. The summed E-state index contributed by atoms with van der Waals surface area (Å²) in [5, 5.41) is 3.25. The second-order valence-electron chi connectivity index (χ2n) is 8.60. The number of aromatic nitrogens is 2. The number of imidazole rings is 1. The Bertz CT molecular complexity index is 918. The van der Waals surface area contributed by atoms with Crippen molar-refractivity contribution in [3.05, 3.63) is 30.1 Å². The normalized spacial score (nSPS) is 22.3. The van der Waals surface area contributed by atoms with E-state index in [0.717, 1.165) is 36.7 Å². The van der Waals surface area contributed by atoms with E-state index in [0.29, 0.717) is 38.5 Å². The topological polar surface area (TPSA) is 76.5 Å². The van der Waals surface area contributed by atoms with Gasteiger partial charge in [0.05, 0.1) is 17.6 Å². The Morgan fingerprint density at radius 1 is 1.27 bits per heavy atom. The first-order chi connectivity index (χ1) is 14.5. The fraction of sp³-hybridized carbons (Fsp3) is 0.609. The number of hydrogen-bond acceptors (Lipinski definition) is 4. The lowest BCUT2D eigenvalue weighted by molar-refractivity contribution is -0.134. The molecule has 0 radical (unpaired) electrons. The maximum Gasteiger partial charge on any atom is 0.290 e. The Morgan fingerprint density at radius 3 is 2.80 bits per heavy atom. The molecular formula is C23H32N4O3. The Kier molecular flexibility index (Phi) is 6.09. The zero-order valence-electron chi connectivity index (χ0n) is 18.0. The summed E-state index contributed by atoms with van der Waals surface area (Å²) in [6, 6.07) is 7.93. The Balaban J connectivity index is 1.65. The van der Waals surface area contributed by atoms with Crippen molar-refractivity contribution in [1.82, 2.24) is 19.8 Å². The summed E-state index contributed by atoms with van der Waals surface area (Å²) in [6.07, 6.45) is 6.24. The summed E-state index contributed by atoms with van der Waals surface area (Å²) in [5.74, 6) is 0.161. The predicted octanol–water partition coefficient (Wildman–Crippen LogP) is 3.13. The molecule has 0 spiro atoms. The fourth-order valence-corrected chi connectivity index (χ4v) is 4.74. The summed E-state index contributed by atoms with van der Waals surface area (Å²) in [7, 11) is 0. The van der Waals surface area contributed by atoms with Gasteiger partial charge in [-0.05, 0) is 45.2 Å². The summed E-state index contributed by atoms with van der Waals surface area (Å²) >= 11 is 0. The molecule has 1 aliphatic heterocycles. The molecule has 7 heteroatoms. The van der Waals surface area contributed by atoms with Crippen LogP contribution in [0.2, 0.25) is 0 Å². The molecule has 1 saturated carbocycles. The van der Waals surface area contributed by atoms with Gasteiger partial charge in [-0.1, -0.05) is 31.4 Å². The number of fused-ring (bicyclic) bond motifs is 3. The molecule has 1 aromatic carbocycles. The van der Waals surface area contributed by atoms with E-state index < -0.39 is 5.54 Å². The number of benzene rings is 1. The quantitative estimate of drug-likeness (QED) is 0.709. The van der Waals surface area contributed by atoms with Gasteiger partial charge in [-0.25, -0.2) is 4.98 Å². The molecule has 2 amide bonds. The first kappa shape index (κ1) is 20.8. The third-order valence-electron chi connectivity index (χ3n) is 6.46. The van der Waals surface area contributed by atoms with Crippen molar-refractivity contribution in [3.63, 3.8) is 0 Å². The van der Waals surface area contributed by atoms with Crippen LogP contribution in [-0.4, -0.2) is 57.6 Å². The van der Waals surface area contributed by atoms with Crippen LogP contribution in [0.3, 0.4) is 0 Å². The highest BCUT2D eigenvalue weighted by atomic mass is 16.5. The number of hydrogen-bond donors (Lipinski definition) is 1. The fourth-order valence-electron chi connectivity index (χ4n) is 4.74. The van der Waals surface area contributed by atoms with E-state index in [1.165, 1.54) is 6.42 Å². The van der Waals surface area contributed by atoms with Crippen molar-refractivity contribution in [2.75, 3.05) is 19.8 Å². The molecule has 2 heterocycles. The minimum Gasteiger partial charge on any atom is -0.382 e. The van der Waals surface area contributed by atoms with Crippen LogP contribution in [0.1, 0.15) is 63.0 Å². The number of nitrogens with one attached hydrogen (secondary N) is 1. The largest absolute Gasteiger partial charge is 0.382 e. The predicted molar refractivity (Wildman–Crippen MR) is 115 cm³/mol. The molecule has 4 rings (SSSR count). The highest BCUT2D eigenvalue weighted by molar-refractivity contribution is 6.01. The lowest BCUT2D eigenvalue weighted by Crippen LogP contribution is -2.65. The lowest BCUT2D eigenvalue weighted by Gasteiger charge is -2.44. The lowest BCUT2D eigenvalue weighted by atomic mass is 9.91. The molecule has 1 atom stereocenters. The molecule has 0 saturated heterocycles. The van der Waals surface area contributed by atoms with E-state index in [-0.39, 0.29) is 17.9 Å². The van der Waals surface area contributed by atoms with Gasteiger partial charge >= 0.3 is 0 Å². The second kappa shape index (κ2) is 8.76. The van der Waals surface area contributed by atoms with Crippen LogP contribution in [0.5, 0.6) is 0 Å². The van der Waals surface area contributed by atoms with E-state index in [9.17, 15) is 9.59 Å². The van der Waals surface area contributed by atoms with E-state index in [2.05, 4.69) is 10.3 Å². The highest BCUT2D eigenvalue weighted by Crippen LogP contribution is 2.31. The minimum atomic E-state index is -0.961. The van der Waals surface area contributed by atoms with Gasteiger partial charge in [0, 0.05) is 25.8 Å². The maximum atomic E-state index is 13.5. The molecule has 1 aromatic heterocycles. The monoisotopic (exact) mass is 412 g/mol. The number of carbonyl (C=O) groups is 2. The molecule has 1 fully saturated rings. The van der Waals surface area contributed by atoms with E-state index in [4.69, 9.17) is 4.74 Å². The molecule has 162 valence electrons. The smallest absolute Gasteiger partial charge is 0.290 e. The zero-order chi connectivity index (χ0) is 21.1. The van der Waals surface area contributed by atoms with Crippen LogP contribution >= 0.6 is 0 Å². The first-order valence-electron chi connectivity index (χ1n) is 11.2. The van der Waals surface area contributed by atoms with Crippen molar-refractivity contribution in [2.45, 2.75) is 70.5 Å². The van der Waals surface area contributed by atoms with Crippen molar-refractivity contribution >= 4 is 22.8 Å². The van der Waals surface area contributed by atoms with Gasteiger partial charge in [0.1, 0.15) is 5.54 Å². The zero-order valence-corrected chi connectivity index (χ0v) is 18.0. The van der Waals surface area contributed by atoms with Crippen LogP contribution in [0, 0.1) is 0 Å². The molecular weight excluding hydrogens is 380 g/mol. The molecule has 1 aliphatic carbocycles. The van der Waals surface area contributed by atoms with Crippen LogP contribution in [0.25, 0.3) is 11.0 Å². The van der Waals surface area contributed by atoms with E-state index in [1.807, 2.05) is 42.7 Å². The Labute approximate surface area is 177 Å². The van der Waals surface area contributed by atoms with Crippen molar-refractivity contribution < 1.29 is 14.3 Å². The first-order valence-corrected chi connectivity index (χ1v) is 11.2. The Morgan fingerprint density at radius 2 is 2.03 bits per heavy atom. The summed E-state index contributed by atoms with van der Waals surface area (Å²) in [6.45, 7) is 5.93. The average molecular weight is 413 g/mol. The van der Waals surface area contributed by atoms with Gasteiger partial charge in [0.15, 0.2) is 5.82 Å². The maximum absolute atomic E-state index is 13.5. The number of nitrogens with zero attached hydrogens (tertiary/aromatic N) is 3. The summed E-state index contributed by atoms with van der Waals surface area (Å²) in [4.78, 5) is 33.3. The third-order valence-corrected chi connectivity index (χ3v) is 6.46. The van der Waals surface area contributed by atoms with Gasteiger partial charge in [-0.2, -0.15) is 0 Å². The number of carbonyl (C=O) groups excluding carboxylic acids is 2. The minimum absolute atomic E-state index is 0.0670. The molecule has 30 heavy (non-hydrogen) atoms. The van der Waals surface area contributed by atoms with Gasteiger partial charge < -0.3 is 19.5 Å². The van der Waals surface area contributed by atoms with Gasteiger partial charge in [0.2, 0.25) is 5.91 Å². The number of amides is 2. The van der Waals surface area contributed by atoms with E-state index >= 15 is 0 Å². The number of ether oxygens (including phenoxy) is 1. The van der Waals surface area contributed by atoms with Crippen LogP contribution in [0.4, 0.5) is 0 Å². The van der Waals surface area contributed by atoms with Crippen LogP contribution in [-0.2, 0) is 16.1 Å². The Hall–Kier alpha value is -2.41. The molecule has 2 aliphatic rings.